The smallest absolute Gasteiger partial charge is 0.305 e. The summed E-state index contributed by atoms with van der Waals surface area (Å²) in [7, 11) is 0. The van der Waals surface area contributed by atoms with Gasteiger partial charge in [-0.25, -0.2) is 0 Å². The monoisotopic (exact) mass is 247 g/mol. The van der Waals surface area contributed by atoms with Crippen molar-refractivity contribution >= 4 is 11.9 Å². The number of carboxylic acids is 1. The number of carbonyl (C=O) groups excluding carboxylic acids is 1. The number of nitrogens with one attached hydrogen (secondary N) is 1. The Hall–Kier alpha value is -2.10. The second-order valence-corrected chi connectivity index (χ2v) is 3.96. The van der Waals surface area contributed by atoms with Gasteiger partial charge in [-0.15, -0.1) is 6.58 Å². The molecule has 0 radical (unpaired) electrons. The van der Waals surface area contributed by atoms with Gasteiger partial charge in [0.05, 0.1) is 12.5 Å². The summed E-state index contributed by atoms with van der Waals surface area (Å²) in [6, 6.07) is 8.62. The molecule has 1 amide bonds. The van der Waals surface area contributed by atoms with Gasteiger partial charge in [-0.05, 0) is 12.0 Å². The van der Waals surface area contributed by atoms with Crippen LogP contribution in [0.5, 0.6) is 0 Å². The van der Waals surface area contributed by atoms with E-state index >= 15 is 0 Å². The van der Waals surface area contributed by atoms with E-state index in [1.807, 2.05) is 18.2 Å². The summed E-state index contributed by atoms with van der Waals surface area (Å²) in [6.45, 7) is 3.54. The Morgan fingerprint density at radius 3 is 2.56 bits per heavy atom. The molecule has 0 heterocycles. The Labute approximate surface area is 106 Å². The minimum Gasteiger partial charge on any atom is -0.481 e. The summed E-state index contributed by atoms with van der Waals surface area (Å²) in [6.07, 6.45) is 2.45. The lowest BCUT2D eigenvalue weighted by Gasteiger charge is -2.17. The number of allylic oxidation sites excluding steroid dienone is 1. The molecule has 0 spiro atoms. The molecule has 1 aromatic rings. The van der Waals surface area contributed by atoms with Crippen LogP contribution in [0.4, 0.5) is 0 Å². The molecule has 0 aliphatic heterocycles. The van der Waals surface area contributed by atoms with Gasteiger partial charge in [-0.3, -0.25) is 9.59 Å². The van der Waals surface area contributed by atoms with Crippen LogP contribution in [-0.4, -0.2) is 17.0 Å². The SMILES string of the molecule is C=CCCC(=O)N[C@H](CC(=O)O)c1ccccc1. The molecule has 1 rings (SSSR count). The third kappa shape index (κ3) is 4.82. The van der Waals surface area contributed by atoms with Crippen molar-refractivity contribution in [2.24, 2.45) is 0 Å². The molecule has 2 N–H and O–H groups in total. The van der Waals surface area contributed by atoms with Crippen LogP contribution >= 0.6 is 0 Å². The van der Waals surface area contributed by atoms with E-state index in [0.717, 1.165) is 5.56 Å². The number of amides is 1. The van der Waals surface area contributed by atoms with Crippen molar-refractivity contribution in [3.63, 3.8) is 0 Å². The quantitative estimate of drug-likeness (QED) is 0.726. The second-order valence-electron chi connectivity index (χ2n) is 3.96. The zero-order valence-electron chi connectivity index (χ0n) is 10.1. The molecule has 0 aliphatic carbocycles. The summed E-state index contributed by atoms with van der Waals surface area (Å²) < 4.78 is 0. The average Bonchev–Trinajstić information content (AvgIpc) is 2.36. The zero-order valence-corrected chi connectivity index (χ0v) is 10.1. The molecule has 0 bridgehead atoms. The number of carboxylic acid groups (broad SMARTS) is 1. The zero-order chi connectivity index (χ0) is 13.4. The van der Waals surface area contributed by atoms with Crippen LogP contribution in [-0.2, 0) is 9.59 Å². The van der Waals surface area contributed by atoms with Gasteiger partial charge in [-0.1, -0.05) is 36.4 Å². The van der Waals surface area contributed by atoms with Crippen molar-refractivity contribution in [2.45, 2.75) is 25.3 Å². The van der Waals surface area contributed by atoms with Crippen molar-refractivity contribution in [1.82, 2.24) is 5.32 Å². The molecule has 0 saturated carbocycles. The van der Waals surface area contributed by atoms with Crippen LogP contribution < -0.4 is 5.32 Å². The Kier molecular flexibility index (Phi) is 5.64. The van der Waals surface area contributed by atoms with Gasteiger partial charge in [0.1, 0.15) is 0 Å². The van der Waals surface area contributed by atoms with Crippen molar-refractivity contribution in [3.8, 4) is 0 Å². The first-order chi connectivity index (χ1) is 8.63. The number of hydrogen-bond acceptors (Lipinski definition) is 2. The third-order valence-corrected chi connectivity index (χ3v) is 2.49. The summed E-state index contributed by atoms with van der Waals surface area (Å²) in [5.74, 6) is -1.10. The van der Waals surface area contributed by atoms with E-state index in [1.165, 1.54) is 0 Å². The fourth-order valence-electron chi connectivity index (χ4n) is 1.61. The van der Waals surface area contributed by atoms with Crippen LogP contribution in [0.3, 0.4) is 0 Å². The highest BCUT2D eigenvalue weighted by molar-refractivity contribution is 5.77. The van der Waals surface area contributed by atoms with Crippen LogP contribution in [0, 0.1) is 0 Å². The third-order valence-electron chi connectivity index (χ3n) is 2.49. The molecule has 4 heteroatoms. The minimum atomic E-state index is -0.937. The van der Waals surface area contributed by atoms with Gasteiger partial charge in [0.25, 0.3) is 0 Å². The van der Waals surface area contributed by atoms with Crippen LogP contribution in [0.25, 0.3) is 0 Å². The molecule has 0 saturated heterocycles. The van der Waals surface area contributed by atoms with Crippen molar-refractivity contribution < 1.29 is 14.7 Å². The van der Waals surface area contributed by atoms with Crippen LogP contribution in [0.1, 0.15) is 30.9 Å². The van der Waals surface area contributed by atoms with Crippen LogP contribution in [0.15, 0.2) is 43.0 Å². The predicted molar refractivity (Wildman–Crippen MR) is 69.0 cm³/mol. The predicted octanol–water partition coefficient (Wildman–Crippen LogP) is 2.28. The van der Waals surface area contributed by atoms with E-state index in [4.69, 9.17) is 5.11 Å². The molecular weight excluding hydrogens is 230 g/mol. The summed E-state index contributed by atoms with van der Waals surface area (Å²) in [5, 5.41) is 11.6. The summed E-state index contributed by atoms with van der Waals surface area (Å²) in [5.41, 5.74) is 0.798. The van der Waals surface area contributed by atoms with Crippen molar-refractivity contribution in [3.05, 3.63) is 48.6 Å². The molecule has 18 heavy (non-hydrogen) atoms. The van der Waals surface area contributed by atoms with Gasteiger partial charge >= 0.3 is 5.97 Å². The molecular formula is C14H17NO3. The summed E-state index contributed by atoms with van der Waals surface area (Å²) >= 11 is 0. The molecule has 1 atom stereocenters. The molecule has 0 fully saturated rings. The topological polar surface area (TPSA) is 66.4 Å². The van der Waals surface area contributed by atoms with Crippen molar-refractivity contribution in [2.75, 3.05) is 0 Å². The number of hydrogen-bond donors (Lipinski definition) is 2. The van der Waals surface area contributed by atoms with Gasteiger partial charge < -0.3 is 10.4 Å². The van der Waals surface area contributed by atoms with Crippen LogP contribution in [0.2, 0.25) is 0 Å². The maximum atomic E-state index is 11.6. The first kappa shape index (κ1) is 14.0. The first-order valence-electron chi connectivity index (χ1n) is 5.80. The average molecular weight is 247 g/mol. The highest BCUT2D eigenvalue weighted by Gasteiger charge is 2.17. The first-order valence-corrected chi connectivity index (χ1v) is 5.80. The van der Waals surface area contributed by atoms with Gasteiger partial charge in [0, 0.05) is 6.42 Å². The summed E-state index contributed by atoms with van der Waals surface area (Å²) in [4.78, 5) is 22.4. The van der Waals surface area contributed by atoms with E-state index in [9.17, 15) is 9.59 Å². The largest absolute Gasteiger partial charge is 0.481 e. The molecule has 0 unspecified atom stereocenters. The van der Waals surface area contributed by atoms with E-state index in [1.54, 1.807) is 18.2 Å². The second kappa shape index (κ2) is 7.27. The fourth-order valence-corrected chi connectivity index (χ4v) is 1.61. The lowest BCUT2D eigenvalue weighted by Crippen LogP contribution is -2.29. The Morgan fingerprint density at radius 1 is 1.33 bits per heavy atom. The van der Waals surface area contributed by atoms with E-state index in [-0.39, 0.29) is 12.3 Å². The number of benzene rings is 1. The fraction of sp³-hybridized carbons (Fsp3) is 0.286. The molecule has 96 valence electrons. The molecule has 0 aliphatic rings. The maximum absolute atomic E-state index is 11.6. The number of aliphatic carboxylic acids is 1. The minimum absolute atomic E-state index is 0.121. The lowest BCUT2D eigenvalue weighted by atomic mass is 10.0. The highest BCUT2D eigenvalue weighted by atomic mass is 16.4. The maximum Gasteiger partial charge on any atom is 0.305 e. The van der Waals surface area contributed by atoms with E-state index < -0.39 is 12.0 Å². The van der Waals surface area contributed by atoms with Gasteiger partial charge in [-0.2, -0.15) is 0 Å². The lowest BCUT2D eigenvalue weighted by molar-refractivity contribution is -0.137. The molecule has 0 aromatic heterocycles. The normalized spacial score (nSPS) is 11.6. The Morgan fingerprint density at radius 2 is 2.00 bits per heavy atom. The van der Waals surface area contributed by atoms with Gasteiger partial charge in [0.2, 0.25) is 5.91 Å². The molecule has 1 aromatic carbocycles. The number of rotatable bonds is 7. The molecule has 4 nitrogen and oxygen atoms in total. The van der Waals surface area contributed by atoms with E-state index in [2.05, 4.69) is 11.9 Å². The Bertz CT molecular complexity index is 414. The standard InChI is InChI=1S/C14H17NO3/c1-2-3-9-13(16)15-12(10-14(17)18)11-7-5-4-6-8-11/h2,4-8,12H,1,3,9-10H2,(H,15,16)(H,17,18)/t12-/m1/s1. The van der Waals surface area contributed by atoms with E-state index in [0.29, 0.717) is 12.8 Å². The Balaban J connectivity index is 2.70. The highest BCUT2D eigenvalue weighted by Crippen LogP contribution is 2.16. The van der Waals surface area contributed by atoms with Crippen molar-refractivity contribution in [1.29, 1.82) is 0 Å². The number of carbonyl (C=O) groups is 2. The van der Waals surface area contributed by atoms with Gasteiger partial charge in [0.15, 0.2) is 0 Å².